The molecule has 102 valence electrons. The SMILES string of the molecule is CCCN1C(=O)C[C@@H]2Cc3c(cccc3OC)C[C@H]21. The second kappa shape index (κ2) is 4.87. The van der Waals surface area contributed by atoms with Crippen molar-refractivity contribution < 1.29 is 9.53 Å². The van der Waals surface area contributed by atoms with Gasteiger partial charge in [-0.25, -0.2) is 0 Å². The minimum absolute atomic E-state index is 0.337. The number of carbonyl (C=O) groups excluding carboxylic acids is 1. The summed E-state index contributed by atoms with van der Waals surface area (Å²) in [7, 11) is 1.73. The van der Waals surface area contributed by atoms with E-state index in [-0.39, 0.29) is 0 Å². The first-order valence-electron chi connectivity index (χ1n) is 7.18. The van der Waals surface area contributed by atoms with Crippen LogP contribution in [0.15, 0.2) is 18.2 Å². The highest BCUT2D eigenvalue weighted by Crippen LogP contribution is 2.39. The lowest BCUT2D eigenvalue weighted by Gasteiger charge is -2.33. The number of likely N-dealkylation sites (tertiary alicyclic amines) is 1. The molecule has 2 atom stereocenters. The Balaban J connectivity index is 1.91. The number of fused-ring (bicyclic) bond motifs is 2. The van der Waals surface area contributed by atoms with E-state index in [1.54, 1.807) is 7.11 Å². The molecular formula is C16H21NO2. The fraction of sp³-hybridized carbons (Fsp3) is 0.562. The highest BCUT2D eigenvalue weighted by molar-refractivity contribution is 5.79. The second-order valence-corrected chi connectivity index (χ2v) is 5.62. The number of rotatable bonds is 3. The van der Waals surface area contributed by atoms with E-state index in [0.717, 1.165) is 31.6 Å². The Bertz CT molecular complexity index is 498. The molecule has 1 fully saturated rings. The second-order valence-electron chi connectivity index (χ2n) is 5.62. The molecule has 3 heteroatoms. The minimum Gasteiger partial charge on any atom is -0.496 e. The van der Waals surface area contributed by atoms with Crippen molar-refractivity contribution in [2.45, 2.75) is 38.6 Å². The average molecular weight is 259 g/mol. The predicted octanol–water partition coefficient (Wildman–Crippen LogP) is 2.42. The Hall–Kier alpha value is -1.51. The molecule has 1 amide bonds. The molecule has 0 unspecified atom stereocenters. The summed E-state index contributed by atoms with van der Waals surface area (Å²) < 4.78 is 5.46. The number of methoxy groups -OCH3 is 1. The summed E-state index contributed by atoms with van der Waals surface area (Å²) in [5.41, 5.74) is 2.67. The van der Waals surface area contributed by atoms with Crippen LogP contribution in [-0.4, -0.2) is 30.5 Å². The summed E-state index contributed by atoms with van der Waals surface area (Å²) in [5, 5.41) is 0. The van der Waals surface area contributed by atoms with E-state index in [2.05, 4.69) is 24.0 Å². The molecule has 1 saturated heterocycles. The Morgan fingerprint density at radius 3 is 2.89 bits per heavy atom. The molecule has 0 saturated carbocycles. The fourth-order valence-corrected chi connectivity index (χ4v) is 3.65. The minimum atomic E-state index is 0.337. The highest BCUT2D eigenvalue weighted by atomic mass is 16.5. The fourth-order valence-electron chi connectivity index (χ4n) is 3.65. The van der Waals surface area contributed by atoms with Crippen molar-refractivity contribution in [1.29, 1.82) is 0 Å². The molecule has 3 rings (SSSR count). The van der Waals surface area contributed by atoms with Crippen LogP contribution in [0, 0.1) is 5.92 Å². The van der Waals surface area contributed by atoms with Gasteiger partial charge in [0.1, 0.15) is 5.75 Å². The quantitative estimate of drug-likeness (QED) is 0.834. The number of ether oxygens (including phenoxy) is 1. The first-order chi connectivity index (χ1) is 9.24. The third-order valence-corrected chi connectivity index (χ3v) is 4.51. The van der Waals surface area contributed by atoms with Gasteiger partial charge in [-0.3, -0.25) is 4.79 Å². The van der Waals surface area contributed by atoms with Gasteiger partial charge in [0.05, 0.1) is 7.11 Å². The molecular weight excluding hydrogens is 238 g/mol. The van der Waals surface area contributed by atoms with Crippen LogP contribution in [0.1, 0.15) is 30.9 Å². The zero-order chi connectivity index (χ0) is 13.4. The number of hydrogen-bond donors (Lipinski definition) is 0. The van der Waals surface area contributed by atoms with Gasteiger partial charge in [0.15, 0.2) is 0 Å². The van der Waals surface area contributed by atoms with Gasteiger partial charge in [-0.1, -0.05) is 19.1 Å². The van der Waals surface area contributed by atoms with Crippen molar-refractivity contribution in [2.24, 2.45) is 5.92 Å². The molecule has 0 radical (unpaired) electrons. The predicted molar refractivity (Wildman–Crippen MR) is 74.3 cm³/mol. The Morgan fingerprint density at radius 2 is 2.16 bits per heavy atom. The highest BCUT2D eigenvalue weighted by Gasteiger charge is 2.42. The summed E-state index contributed by atoms with van der Waals surface area (Å²) in [6.07, 6.45) is 3.72. The van der Waals surface area contributed by atoms with Gasteiger partial charge in [0.25, 0.3) is 0 Å². The van der Waals surface area contributed by atoms with E-state index in [4.69, 9.17) is 4.74 Å². The lowest BCUT2D eigenvalue weighted by Crippen LogP contribution is -2.40. The van der Waals surface area contributed by atoms with E-state index < -0.39 is 0 Å². The first kappa shape index (κ1) is 12.5. The van der Waals surface area contributed by atoms with Crippen molar-refractivity contribution in [1.82, 2.24) is 4.90 Å². The van der Waals surface area contributed by atoms with Gasteiger partial charge in [-0.2, -0.15) is 0 Å². The third-order valence-electron chi connectivity index (χ3n) is 4.51. The standard InChI is InChI=1S/C16H21NO2/c1-3-7-17-14-9-11-5-4-6-15(19-2)13(11)8-12(14)10-16(17)18/h4-6,12,14H,3,7-10H2,1-2H3/t12-,14+/m0/s1. The van der Waals surface area contributed by atoms with E-state index in [9.17, 15) is 4.79 Å². The number of amides is 1. The van der Waals surface area contributed by atoms with Gasteiger partial charge >= 0.3 is 0 Å². The van der Waals surface area contributed by atoms with Gasteiger partial charge < -0.3 is 9.64 Å². The maximum absolute atomic E-state index is 12.1. The Labute approximate surface area is 114 Å². The molecule has 1 aromatic rings. The molecule has 0 bridgehead atoms. The zero-order valence-electron chi connectivity index (χ0n) is 11.7. The van der Waals surface area contributed by atoms with Crippen LogP contribution in [0.4, 0.5) is 0 Å². The molecule has 19 heavy (non-hydrogen) atoms. The molecule has 0 spiro atoms. The number of benzene rings is 1. The van der Waals surface area contributed by atoms with Gasteiger partial charge in [-0.15, -0.1) is 0 Å². The number of hydrogen-bond acceptors (Lipinski definition) is 2. The van der Waals surface area contributed by atoms with E-state index in [0.29, 0.717) is 24.3 Å². The third kappa shape index (κ3) is 2.01. The molecule has 0 aromatic heterocycles. The molecule has 1 aliphatic carbocycles. The van der Waals surface area contributed by atoms with Gasteiger partial charge in [-0.05, 0) is 42.4 Å². The summed E-state index contributed by atoms with van der Waals surface area (Å²) in [6, 6.07) is 6.67. The summed E-state index contributed by atoms with van der Waals surface area (Å²) >= 11 is 0. The van der Waals surface area contributed by atoms with Crippen LogP contribution in [-0.2, 0) is 17.6 Å². The van der Waals surface area contributed by atoms with Crippen molar-refractivity contribution >= 4 is 5.91 Å². The van der Waals surface area contributed by atoms with Crippen LogP contribution >= 0.6 is 0 Å². The van der Waals surface area contributed by atoms with Crippen LogP contribution < -0.4 is 4.74 Å². The van der Waals surface area contributed by atoms with Crippen molar-refractivity contribution in [3.63, 3.8) is 0 Å². The molecule has 1 heterocycles. The Kier molecular flexibility index (Phi) is 3.21. The maximum Gasteiger partial charge on any atom is 0.223 e. The summed E-state index contributed by atoms with van der Waals surface area (Å²) in [4.78, 5) is 14.2. The van der Waals surface area contributed by atoms with Crippen LogP contribution in [0.3, 0.4) is 0 Å². The van der Waals surface area contributed by atoms with Crippen molar-refractivity contribution in [3.05, 3.63) is 29.3 Å². The normalized spacial score (nSPS) is 25.2. The molecule has 2 aliphatic rings. The monoisotopic (exact) mass is 259 g/mol. The largest absolute Gasteiger partial charge is 0.496 e. The lowest BCUT2D eigenvalue weighted by atomic mass is 9.80. The van der Waals surface area contributed by atoms with Crippen molar-refractivity contribution in [2.75, 3.05) is 13.7 Å². The molecule has 0 N–H and O–H groups in total. The molecule has 1 aromatic carbocycles. The topological polar surface area (TPSA) is 29.5 Å². The lowest BCUT2D eigenvalue weighted by molar-refractivity contribution is -0.128. The smallest absolute Gasteiger partial charge is 0.223 e. The van der Waals surface area contributed by atoms with Gasteiger partial charge in [0.2, 0.25) is 5.91 Å². The molecule has 1 aliphatic heterocycles. The summed E-state index contributed by atoms with van der Waals surface area (Å²) in [5.74, 6) is 1.80. The number of nitrogens with zero attached hydrogens (tertiary/aromatic N) is 1. The summed E-state index contributed by atoms with van der Waals surface area (Å²) in [6.45, 7) is 3.04. The van der Waals surface area contributed by atoms with Crippen LogP contribution in [0.25, 0.3) is 0 Å². The molecule has 3 nitrogen and oxygen atoms in total. The van der Waals surface area contributed by atoms with Gasteiger partial charge in [0, 0.05) is 19.0 Å². The Morgan fingerprint density at radius 1 is 1.32 bits per heavy atom. The number of carbonyl (C=O) groups is 1. The van der Waals surface area contributed by atoms with Crippen LogP contribution in [0.5, 0.6) is 5.75 Å². The van der Waals surface area contributed by atoms with E-state index >= 15 is 0 Å². The first-order valence-corrected chi connectivity index (χ1v) is 7.18. The maximum atomic E-state index is 12.1. The van der Waals surface area contributed by atoms with E-state index in [1.165, 1.54) is 11.1 Å². The average Bonchev–Trinajstić information content (AvgIpc) is 2.72. The van der Waals surface area contributed by atoms with E-state index in [1.807, 2.05) is 6.07 Å². The zero-order valence-corrected chi connectivity index (χ0v) is 11.7. The van der Waals surface area contributed by atoms with Crippen molar-refractivity contribution in [3.8, 4) is 5.75 Å². The van der Waals surface area contributed by atoms with Crippen LogP contribution in [0.2, 0.25) is 0 Å².